The molecule has 7 nitrogen and oxygen atoms in total. The summed E-state index contributed by atoms with van der Waals surface area (Å²) >= 11 is 6.00. The van der Waals surface area contributed by atoms with Crippen LogP contribution in [-0.4, -0.2) is 31.1 Å². The first-order valence-electron chi connectivity index (χ1n) is 10.3. The Hall–Kier alpha value is -3.16. The van der Waals surface area contributed by atoms with Gasteiger partial charge in [0.05, 0.1) is 11.7 Å². The fraction of sp³-hybridized carbons (Fsp3) is 0.261. The molecule has 0 aliphatic carbocycles. The fourth-order valence-corrected chi connectivity index (χ4v) is 4.27. The number of hydrogen-bond donors (Lipinski definition) is 1. The third-order valence-electron chi connectivity index (χ3n) is 5.73. The zero-order valence-corrected chi connectivity index (χ0v) is 17.8. The Kier molecular flexibility index (Phi) is 5.21. The van der Waals surface area contributed by atoms with Crippen LogP contribution in [0.5, 0.6) is 0 Å². The molecule has 0 radical (unpaired) electrons. The van der Waals surface area contributed by atoms with Crippen molar-refractivity contribution in [2.75, 3.05) is 6.54 Å². The molecule has 1 N–H and O–H groups in total. The Bertz CT molecular complexity index is 1240. The Morgan fingerprint density at radius 3 is 2.65 bits per heavy atom. The van der Waals surface area contributed by atoms with Gasteiger partial charge in [0, 0.05) is 29.0 Å². The van der Waals surface area contributed by atoms with Gasteiger partial charge in [0.2, 0.25) is 11.7 Å². The maximum absolute atomic E-state index is 12.0. The largest absolute Gasteiger partial charge is 0.337 e. The number of H-pyrrole nitrogens is 1. The lowest BCUT2D eigenvalue weighted by atomic mass is 10.1. The lowest BCUT2D eigenvalue weighted by Gasteiger charge is -2.21. The van der Waals surface area contributed by atoms with E-state index in [-0.39, 0.29) is 11.7 Å². The van der Waals surface area contributed by atoms with Crippen molar-refractivity contribution >= 4 is 11.6 Å². The van der Waals surface area contributed by atoms with E-state index in [1.54, 1.807) is 10.8 Å². The fourth-order valence-electron chi connectivity index (χ4n) is 4.14. The average molecular weight is 436 g/mol. The summed E-state index contributed by atoms with van der Waals surface area (Å²) in [5.41, 5.74) is 3.54. The predicted octanol–water partition coefficient (Wildman–Crippen LogP) is 4.51. The minimum absolute atomic E-state index is 0.109. The van der Waals surface area contributed by atoms with Crippen molar-refractivity contribution in [3.05, 3.63) is 87.4 Å². The van der Waals surface area contributed by atoms with Gasteiger partial charge in [-0.2, -0.15) is 4.98 Å². The first-order chi connectivity index (χ1) is 15.1. The minimum Gasteiger partial charge on any atom is -0.337 e. The highest BCUT2D eigenvalue weighted by Gasteiger charge is 2.30. The van der Waals surface area contributed by atoms with Crippen LogP contribution in [0.25, 0.3) is 17.1 Å². The van der Waals surface area contributed by atoms with E-state index in [2.05, 4.69) is 32.2 Å². The van der Waals surface area contributed by atoms with E-state index in [0.29, 0.717) is 11.7 Å². The smallest absolute Gasteiger partial charge is 0.330 e. The number of benzene rings is 2. The third kappa shape index (κ3) is 3.94. The average Bonchev–Trinajstić information content (AvgIpc) is 3.50. The topological polar surface area (TPSA) is 80.0 Å². The number of aromatic amines is 1. The molecule has 158 valence electrons. The second-order valence-corrected chi connectivity index (χ2v) is 8.27. The molecule has 2 aromatic carbocycles. The number of halogens is 1. The molecule has 5 rings (SSSR count). The summed E-state index contributed by atoms with van der Waals surface area (Å²) in [4.78, 5) is 21.7. The van der Waals surface area contributed by atoms with E-state index < -0.39 is 0 Å². The normalized spacial score (nSPS) is 16.8. The Morgan fingerprint density at radius 1 is 1.16 bits per heavy atom. The molecule has 1 fully saturated rings. The number of imidazole rings is 1. The van der Waals surface area contributed by atoms with Crippen molar-refractivity contribution in [2.24, 2.45) is 0 Å². The maximum Gasteiger partial charge on any atom is 0.330 e. The lowest BCUT2D eigenvalue weighted by Crippen LogP contribution is -2.23. The summed E-state index contributed by atoms with van der Waals surface area (Å²) < 4.78 is 7.27. The minimum atomic E-state index is -0.158. The molecule has 0 amide bonds. The summed E-state index contributed by atoms with van der Waals surface area (Å²) in [7, 11) is 0. The van der Waals surface area contributed by atoms with Gasteiger partial charge >= 0.3 is 5.69 Å². The molecule has 1 unspecified atom stereocenters. The summed E-state index contributed by atoms with van der Waals surface area (Å²) in [6.07, 6.45) is 3.78. The van der Waals surface area contributed by atoms with E-state index in [4.69, 9.17) is 16.1 Å². The third-order valence-corrected chi connectivity index (χ3v) is 5.99. The summed E-state index contributed by atoms with van der Waals surface area (Å²) in [6, 6.07) is 15.6. The molecule has 1 atom stereocenters. The van der Waals surface area contributed by atoms with Gasteiger partial charge in [-0.15, -0.1) is 0 Å². The van der Waals surface area contributed by atoms with E-state index in [1.807, 2.05) is 43.3 Å². The highest BCUT2D eigenvalue weighted by atomic mass is 35.5. The van der Waals surface area contributed by atoms with Crippen LogP contribution in [-0.2, 0) is 6.54 Å². The standard InChI is InChI=1S/C23H22ClN5O2/c1-15-13-25-23(30)29(15)19-10-6-17(7-11-19)21-26-22(31-27-21)20-3-2-12-28(20)14-16-4-8-18(24)9-5-16/h4-11,13,20H,2-3,12,14H2,1H3,(H,25,30). The van der Waals surface area contributed by atoms with Crippen LogP contribution in [0.2, 0.25) is 5.02 Å². The second-order valence-electron chi connectivity index (χ2n) is 7.83. The Morgan fingerprint density at radius 2 is 1.94 bits per heavy atom. The molecular weight excluding hydrogens is 414 g/mol. The van der Waals surface area contributed by atoms with E-state index in [0.717, 1.165) is 47.9 Å². The molecular formula is C23H22ClN5O2. The van der Waals surface area contributed by atoms with Gasteiger partial charge in [0.15, 0.2) is 0 Å². The Labute approximate surface area is 184 Å². The van der Waals surface area contributed by atoms with Crippen molar-refractivity contribution in [3.63, 3.8) is 0 Å². The van der Waals surface area contributed by atoms with Crippen LogP contribution in [0.1, 0.15) is 36.0 Å². The monoisotopic (exact) mass is 435 g/mol. The number of aryl methyl sites for hydroxylation is 1. The van der Waals surface area contributed by atoms with Crippen molar-refractivity contribution in [3.8, 4) is 17.1 Å². The molecule has 0 saturated carbocycles. The highest BCUT2D eigenvalue weighted by Crippen LogP contribution is 2.33. The predicted molar refractivity (Wildman–Crippen MR) is 118 cm³/mol. The number of likely N-dealkylation sites (tertiary alicyclic amines) is 1. The number of hydrogen-bond acceptors (Lipinski definition) is 5. The van der Waals surface area contributed by atoms with Crippen molar-refractivity contribution in [1.29, 1.82) is 0 Å². The zero-order valence-electron chi connectivity index (χ0n) is 17.1. The van der Waals surface area contributed by atoms with Gasteiger partial charge in [-0.1, -0.05) is 28.9 Å². The first-order valence-corrected chi connectivity index (χ1v) is 10.7. The molecule has 4 aromatic rings. The molecule has 0 bridgehead atoms. The van der Waals surface area contributed by atoms with E-state index in [9.17, 15) is 4.79 Å². The maximum atomic E-state index is 12.0. The van der Waals surface area contributed by atoms with Crippen LogP contribution in [0.15, 0.2) is 64.0 Å². The molecule has 3 heterocycles. The molecule has 1 aliphatic rings. The molecule has 1 saturated heterocycles. The summed E-state index contributed by atoms with van der Waals surface area (Å²) in [5.74, 6) is 1.20. The van der Waals surface area contributed by atoms with Gasteiger partial charge in [-0.25, -0.2) is 4.79 Å². The highest BCUT2D eigenvalue weighted by molar-refractivity contribution is 6.30. The number of rotatable bonds is 5. The van der Waals surface area contributed by atoms with Crippen LogP contribution < -0.4 is 5.69 Å². The van der Waals surface area contributed by atoms with Gasteiger partial charge in [0.25, 0.3) is 0 Å². The number of nitrogens with zero attached hydrogens (tertiary/aromatic N) is 4. The molecule has 0 spiro atoms. The van der Waals surface area contributed by atoms with Gasteiger partial charge in [-0.05, 0) is 68.3 Å². The van der Waals surface area contributed by atoms with Gasteiger partial charge < -0.3 is 9.51 Å². The van der Waals surface area contributed by atoms with E-state index in [1.165, 1.54) is 5.56 Å². The second kappa shape index (κ2) is 8.17. The molecule has 1 aliphatic heterocycles. The number of aromatic nitrogens is 4. The van der Waals surface area contributed by atoms with Crippen molar-refractivity contribution in [1.82, 2.24) is 24.6 Å². The molecule has 31 heavy (non-hydrogen) atoms. The Balaban J connectivity index is 1.34. The lowest BCUT2D eigenvalue weighted by molar-refractivity contribution is 0.201. The van der Waals surface area contributed by atoms with Crippen molar-refractivity contribution < 1.29 is 4.52 Å². The summed E-state index contributed by atoms with van der Waals surface area (Å²) in [6.45, 7) is 3.69. The van der Waals surface area contributed by atoms with Crippen LogP contribution in [0.4, 0.5) is 0 Å². The number of nitrogens with one attached hydrogen (secondary N) is 1. The van der Waals surface area contributed by atoms with Gasteiger partial charge in [-0.3, -0.25) is 9.47 Å². The molecule has 8 heteroatoms. The molecule has 2 aromatic heterocycles. The van der Waals surface area contributed by atoms with Crippen molar-refractivity contribution in [2.45, 2.75) is 32.4 Å². The van der Waals surface area contributed by atoms with E-state index >= 15 is 0 Å². The first kappa shape index (κ1) is 19.8. The SMILES string of the molecule is Cc1c[nH]c(=O)n1-c1ccc(-c2noc(C3CCCN3Cc3ccc(Cl)cc3)n2)cc1. The van der Waals surface area contributed by atoms with Crippen LogP contribution in [0.3, 0.4) is 0 Å². The van der Waals surface area contributed by atoms with Crippen LogP contribution in [0, 0.1) is 6.92 Å². The summed E-state index contributed by atoms with van der Waals surface area (Å²) in [5, 5.41) is 4.95. The van der Waals surface area contributed by atoms with Gasteiger partial charge in [0.1, 0.15) is 0 Å². The zero-order chi connectivity index (χ0) is 21.4. The quantitative estimate of drug-likeness (QED) is 0.498. The van der Waals surface area contributed by atoms with Crippen LogP contribution >= 0.6 is 11.6 Å².